The van der Waals surface area contributed by atoms with Crippen LogP contribution in [-0.4, -0.2) is 58.2 Å². The molecule has 0 spiro atoms. The van der Waals surface area contributed by atoms with Crippen LogP contribution in [0.2, 0.25) is 0 Å². The average Bonchev–Trinajstić information content (AvgIpc) is 2.89. The lowest BCUT2D eigenvalue weighted by Gasteiger charge is -2.35. The Labute approximate surface area is 149 Å². The number of hydrogen-bond acceptors (Lipinski definition) is 4. The quantitative estimate of drug-likeness (QED) is 0.827. The van der Waals surface area contributed by atoms with E-state index in [0.717, 1.165) is 50.8 Å². The molecule has 0 bridgehead atoms. The monoisotopic (exact) mass is 347 g/mol. The highest BCUT2D eigenvalue weighted by Crippen LogP contribution is 2.18. The third-order valence-corrected chi connectivity index (χ3v) is 5.13. The summed E-state index contributed by atoms with van der Waals surface area (Å²) in [6.07, 6.45) is 9.97. The minimum absolute atomic E-state index is 0.0481. The van der Waals surface area contributed by atoms with Gasteiger partial charge in [-0.2, -0.15) is 5.10 Å². The van der Waals surface area contributed by atoms with Gasteiger partial charge in [-0.3, -0.25) is 19.2 Å². The summed E-state index contributed by atoms with van der Waals surface area (Å²) in [5.74, 6) is -0.0985. The van der Waals surface area contributed by atoms with Crippen molar-refractivity contribution in [1.29, 1.82) is 0 Å². The van der Waals surface area contributed by atoms with Crippen LogP contribution in [0.5, 0.6) is 0 Å². The molecule has 0 aliphatic carbocycles. The van der Waals surface area contributed by atoms with Crippen molar-refractivity contribution >= 4 is 11.8 Å². The van der Waals surface area contributed by atoms with Crippen molar-refractivity contribution in [3.8, 4) is 0 Å². The van der Waals surface area contributed by atoms with Crippen molar-refractivity contribution in [2.24, 2.45) is 0 Å². The van der Waals surface area contributed by atoms with Crippen molar-refractivity contribution in [2.45, 2.75) is 64.1 Å². The number of rotatable bonds is 5. The van der Waals surface area contributed by atoms with Crippen LogP contribution in [0.1, 0.15) is 44.1 Å². The lowest BCUT2D eigenvalue weighted by Crippen LogP contribution is -2.51. The molecule has 7 nitrogen and oxygen atoms in total. The molecule has 1 aromatic heterocycles. The maximum Gasteiger partial charge on any atom is 0.242 e. The predicted molar refractivity (Wildman–Crippen MR) is 95.0 cm³/mol. The molecule has 7 heteroatoms. The number of carbonyl (C=O) groups excluding carboxylic acids is 2. The normalized spacial score (nSPS) is 25.2. The second-order valence-corrected chi connectivity index (χ2v) is 7.27. The van der Waals surface area contributed by atoms with Crippen LogP contribution in [0, 0.1) is 6.92 Å². The number of amides is 2. The van der Waals surface area contributed by atoms with E-state index in [2.05, 4.69) is 20.6 Å². The smallest absolute Gasteiger partial charge is 0.242 e. The Kier molecular flexibility index (Phi) is 6.07. The topological polar surface area (TPSA) is 79.3 Å². The summed E-state index contributed by atoms with van der Waals surface area (Å²) < 4.78 is 1.97. The molecular weight excluding hydrogens is 318 g/mol. The van der Waals surface area contributed by atoms with E-state index >= 15 is 0 Å². The lowest BCUT2D eigenvalue weighted by molar-refractivity contribution is -0.130. The highest BCUT2D eigenvalue weighted by Gasteiger charge is 2.27. The number of nitrogens with one attached hydrogen (secondary N) is 2. The molecule has 2 amide bonds. The first-order chi connectivity index (χ1) is 12.1. The summed E-state index contributed by atoms with van der Waals surface area (Å²) in [5, 5.41) is 10.2. The van der Waals surface area contributed by atoms with E-state index in [4.69, 9.17) is 0 Å². The third kappa shape index (κ3) is 5.04. The summed E-state index contributed by atoms with van der Waals surface area (Å²) in [5.41, 5.74) is 1.15. The summed E-state index contributed by atoms with van der Waals surface area (Å²) in [4.78, 5) is 26.7. The highest BCUT2D eigenvalue weighted by atomic mass is 16.2. The summed E-state index contributed by atoms with van der Waals surface area (Å²) in [6.45, 7) is 4.84. The van der Waals surface area contributed by atoms with Gasteiger partial charge in [0.15, 0.2) is 0 Å². The molecule has 3 rings (SSSR count). The fraction of sp³-hybridized carbons (Fsp3) is 0.722. The lowest BCUT2D eigenvalue weighted by atomic mass is 10.0. The zero-order valence-corrected chi connectivity index (χ0v) is 15.0. The SMILES string of the molecule is Cc1cnn(C[C@H]2CCCCN2CC(=O)N[C@@H]2CCCCNC2=O)c1. The van der Waals surface area contributed by atoms with E-state index in [1.807, 2.05) is 24.0 Å². The first-order valence-corrected chi connectivity index (χ1v) is 9.42. The average molecular weight is 347 g/mol. The van der Waals surface area contributed by atoms with E-state index in [0.29, 0.717) is 19.1 Å². The molecule has 2 fully saturated rings. The Morgan fingerprint density at radius 1 is 1.32 bits per heavy atom. The largest absolute Gasteiger partial charge is 0.354 e. The van der Waals surface area contributed by atoms with Crippen LogP contribution in [0.25, 0.3) is 0 Å². The number of hydrogen-bond donors (Lipinski definition) is 2. The van der Waals surface area contributed by atoms with E-state index in [1.54, 1.807) is 0 Å². The molecule has 2 aliphatic heterocycles. The molecular formula is C18H29N5O2. The van der Waals surface area contributed by atoms with Crippen molar-refractivity contribution in [3.63, 3.8) is 0 Å². The molecule has 25 heavy (non-hydrogen) atoms. The van der Waals surface area contributed by atoms with Crippen LogP contribution in [-0.2, 0) is 16.1 Å². The third-order valence-electron chi connectivity index (χ3n) is 5.13. The number of piperidine rings is 1. The standard InChI is InChI=1S/C18H29N5O2/c1-14-10-20-23(11-14)12-15-6-3-5-9-22(15)13-17(24)21-16-7-2-4-8-19-18(16)25/h10-11,15-16H,2-9,12-13H2,1H3,(H,19,25)(H,21,24)/t15-,16-/m1/s1. The molecule has 2 aliphatic rings. The second-order valence-electron chi connectivity index (χ2n) is 7.27. The summed E-state index contributed by atoms with van der Waals surface area (Å²) in [6, 6.07) is -0.0613. The highest BCUT2D eigenvalue weighted by molar-refractivity contribution is 5.88. The number of carbonyl (C=O) groups is 2. The molecule has 2 atom stereocenters. The predicted octanol–water partition coefficient (Wildman–Crippen LogP) is 0.831. The Morgan fingerprint density at radius 3 is 2.96 bits per heavy atom. The van der Waals surface area contributed by atoms with Gasteiger partial charge in [0.1, 0.15) is 6.04 Å². The fourth-order valence-electron chi connectivity index (χ4n) is 3.76. The van der Waals surface area contributed by atoms with Gasteiger partial charge in [0.25, 0.3) is 0 Å². The number of nitrogens with zero attached hydrogens (tertiary/aromatic N) is 3. The van der Waals surface area contributed by atoms with E-state index in [9.17, 15) is 9.59 Å². The minimum atomic E-state index is -0.382. The van der Waals surface area contributed by atoms with Crippen molar-refractivity contribution < 1.29 is 9.59 Å². The Balaban J connectivity index is 1.55. The van der Waals surface area contributed by atoms with Crippen LogP contribution in [0.15, 0.2) is 12.4 Å². The van der Waals surface area contributed by atoms with Gasteiger partial charge in [-0.1, -0.05) is 6.42 Å². The number of likely N-dealkylation sites (tertiary alicyclic amines) is 1. The van der Waals surface area contributed by atoms with Crippen molar-refractivity contribution in [1.82, 2.24) is 25.3 Å². The van der Waals surface area contributed by atoms with Crippen LogP contribution < -0.4 is 10.6 Å². The van der Waals surface area contributed by atoms with Crippen LogP contribution >= 0.6 is 0 Å². The van der Waals surface area contributed by atoms with Gasteiger partial charge in [-0.25, -0.2) is 0 Å². The minimum Gasteiger partial charge on any atom is -0.354 e. The molecule has 3 heterocycles. The van der Waals surface area contributed by atoms with E-state index in [1.165, 1.54) is 6.42 Å². The molecule has 0 unspecified atom stereocenters. The molecule has 2 N–H and O–H groups in total. The maximum atomic E-state index is 12.5. The second kappa shape index (κ2) is 8.47. The Morgan fingerprint density at radius 2 is 2.16 bits per heavy atom. The maximum absolute atomic E-state index is 12.5. The van der Waals surface area contributed by atoms with Gasteiger partial charge in [0.2, 0.25) is 11.8 Å². The van der Waals surface area contributed by atoms with Gasteiger partial charge < -0.3 is 10.6 Å². The zero-order chi connectivity index (χ0) is 17.6. The van der Waals surface area contributed by atoms with E-state index in [-0.39, 0.29) is 17.9 Å². The van der Waals surface area contributed by atoms with Gasteiger partial charge in [-0.15, -0.1) is 0 Å². The molecule has 0 aromatic carbocycles. The van der Waals surface area contributed by atoms with Gasteiger partial charge in [-0.05, 0) is 51.1 Å². The fourth-order valence-corrected chi connectivity index (χ4v) is 3.76. The molecule has 0 radical (unpaired) electrons. The number of aryl methyl sites for hydroxylation is 1. The Bertz CT molecular complexity index is 600. The first kappa shape index (κ1) is 17.9. The molecule has 2 saturated heterocycles. The summed E-state index contributed by atoms with van der Waals surface area (Å²) in [7, 11) is 0. The van der Waals surface area contributed by atoms with Crippen LogP contribution in [0.4, 0.5) is 0 Å². The molecule has 0 saturated carbocycles. The first-order valence-electron chi connectivity index (χ1n) is 9.42. The van der Waals surface area contributed by atoms with Gasteiger partial charge >= 0.3 is 0 Å². The van der Waals surface area contributed by atoms with Crippen LogP contribution in [0.3, 0.4) is 0 Å². The zero-order valence-electron chi connectivity index (χ0n) is 15.0. The Hall–Kier alpha value is -1.89. The van der Waals surface area contributed by atoms with Gasteiger partial charge in [0.05, 0.1) is 19.3 Å². The molecule has 1 aromatic rings. The number of aromatic nitrogens is 2. The van der Waals surface area contributed by atoms with Gasteiger partial charge in [0, 0.05) is 18.8 Å². The van der Waals surface area contributed by atoms with E-state index < -0.39 is 0 Å². The summed E-state index contributed by atoms with van der Waals surface area (Å²) >= 11 is 0. The molecule has 138 valence electrons. The van der Waals surface area contributed by atoms with Crippen molar-refractivity contribution in [3.05, 3.63) is 18.0 Å². The van der Waals surface area contributed by atoms with Crippen molar-refractivity contribution in [2.75, 3.05) is 19.6 Å².